The highest BCUT2D eigenvalue weighted by Crippen LogP contribution is 2.36. The molecule has 1 aromatic carbocycles. The minimum atomic E-state index is -0.249. The van der Waals surface area contributed by atoms with E-state index in [4.69, 9.17) is 5.73 Å². The van der Waals surface area contributed by atoms with E-state index in [9.17, 15) is 4.39 Å². The van der Waals surface area contributed by atoms with E-state index in [0.717, 1.165) is 17.7 Å². The smallest absolute Gasteiger partial charge is 0.188 e. The summed E-state index contributed by atoms with van der Waals surface area (Å²) in [5.41, 5.74) is 7.96. The monoisotopic (exact) mass is 291 g/mol. The topological polar surface area (TPSA) is 51.8 Å². The fourth-order valence-electron chi connectivity index (χ4n) is 1.90. The number of aryl methyl sites for hydroxylation is 1. The largest absolute Gasteiger partial charge is 0.326 e. The third-order valence-electron chi connectivity index (χ3n) is 3.04. The molecule has 0 aliphatic heterocycles. The van der Waals surface area contributed by atoms with E-state index in [-0.39, 0.29) is 17.1 Å². The first-order chi connectivity index (χ1) is 9.60. The van der Waals surface area contributed by atoms with Crippen molar-refractivity contribution in [2.45, 2.75) is 36.7 Å². The van der Waals surface area contributed by atoms with Gasteiger partial charge in [0.2, 0.25) is 0 Å². The first kappa shape index (κ1) is 14.9. The molecule has 2 rings (SSSR count). The van der Waals surface area contributed by atoms with Gasteiger partial charge in [-0.05, 0) is 37.1 Å². The van der Waals surface area contributed by atoms with Gasteiger partial charge in [-0.3, -0.25) is 0 Å². The highest BCUT2D eigenvalue weighted by Gasteiger charge is 2.21. The molecule has 2 atom stereocenters. The first-order valence-corrected chi connectivity index (χ1v) is 7.45. The van der Waals surface area contributed by atoms with Crippen LogP contribution in [0.3, 0.4) is 0 Å². The van der Waals surface area contributed by atoms with Gasteiger partial charge in [-0.1, -0.05) is 30.8 Å². The number of nitrogens with two attached hydrogens (primary N) is 1. The van der Waals surface area contributed by atoms with Crippen LogP contribution in [-0.4, -0.2) is 16.0 Å². The average Bonchev–Trinajstić information content (AvgIpc) is 2.44. The van der Waals surface area contributed by atoms with Gasteiger partial charge in [-0.15, -0.1) is 0 Å². The summed E-state index contributed by atoms with van der Waals surface area (Å²) >= 11 is 1.48. The lowest BCUT2D eigenvalue weighted by Crippen LogP contribution is -2.26. The van der Waals surface area contributed by atoms with E-state index in [1.165, 1.54) is 23.9 Å². The SMILES string of the molecule is CCC(N)C(Sc1nccc(C)n1)c1cccc(F)c1. The molecule has 0 spiro atoms. The van der Waals surface area contributed by atoms with Crippen LogP contribution in [0.15, 0.2) is 41.7 Å². The Labute approximate surface area is 122 Å². The molecule has 0 amide bonds. The van der Waals surface area contributed by atoms with Gasteiger partial charge < -0.3 is 5.73 Å². The average molecular weight is 291 g/mol. The summed E-state index contributed by atoms with van der Waals surface area (Å²) in [5.74, 6) is -0.249. The third-order valence-corrected chi connectivity index (χ3v) is 4.33. The molecule has 1 aromatic heterocycles. The van der Waals surface area contributed by atoms with E-state index >= 15 is 0 Å². The van der Waals surface area contributed by atoms with E-state index < -0.39 is 0 Å². The van der Waals surface area contributed by atoms with Crippen LogP contribution in [0.4, 0.5) is 4.39 Å². The molecule has 2 aromatic rings. The number of halogens is 1. The number of rotatable bonds is 5. The minimum absolute atomic E-state index is 0.0579. The van der Waals surface area contributed by atoms with Gasteiger partial charge in [0, 0.05) is 17.9 Å². The Morgan fingerprint density at radius 3 is 2.80 bits per heavy atom. The van der Waals surface area contributed by atoms with E-state index in [2.05, 4.69) is 9.97 Å². The molecule has 0 radical (unpaired) electrons. The summed E-state index contributed by atoms with van der Waals surface area (Å²) in [6, 6.07) is 8.34. The Morgan fingerprint density at radius 2 is 2.15 bits per heavy atom. The molecule has 2 unspecified atom stereocenters. The summed E-state index contributed by atoms with van der Waals surface area (Å²) in [6.45, 7) is 3.94. The van der Waals surface area contributed by atoms with Crippen molar-refractivity contribution in [2.24, 2.45) is 5.73 Å². The maximum absolute atomic E-state index is 13.4. The molecule has 106 valence electrons. The van der Waals surface area contributed by atoms with Crippen LogP contribution in [0.1, 0.15) is 29.9 Å². The zero-order valence-electron chi connectivity index (χ0n) is 11.6. The van der Waals surface area contributed by atoms with Gasteiger partial charge in [0.05, 0.1) is 5.25 Å². The van der Waals surface area contributed by atoms with Crippen LogP contribution in [0.2, 0.25) is 0 Å². The molecule has 20 heavy (non-hydrogen) atoms. The van der Waals surface area contributed by atoms with Crippen LogP contribution in [0, 0.1) is 12.7 Å². The first-order valence-electron chi connectivity index (χ1n) is 6.57. The second-order valence-corrected chi connectivity index (χ2v) is 5.75. The van der Waals surface area contributed by atoms with Crippen molar-refractivity contribution in [3.63, 3.8) is 0 Å². The number of hydrogen-bond acceptors (Lipinski definition) is 4. The quantitative estimate of drug-likeness (QED) is 0.676. The molecule has 0 saturated heterocycles. The van der Waals surface area contributed by atoms with Gasteiger partial charge in [0.15, 0.2) is 5.16 Å². The summed E-state index contributed by atoms with van der Waals surface area (Å²) in [7, 11) is 0. The molecule has 0 aliphatic carbocycles. The lowest BCUT2D eigenvalue weighted by molar-refractivity contribution is 0.609. The van der Waals surface area contributed by atoms with Crippen LogP contribution < -0.4 is 5.73 Å². The predicted octanol–water partition coefficient (Wildman–Crippen LogP) is 3.49. The van der Waals surface area contributed by atoms with Crippen molar-refractivity contribution in [1.29, 1.82) is 0 Å². The van der Waals surface area contributed by atoms with Crippen molar-refractivity contribution in [2.75, 3.05) is 0 Å². The van der Waals surface area contributed by atoms with Crippen LogP contribution >= 0.6 is 11.8 Å². The van der Waals surface area contributed by atoms with Gasteiger partial charge >= 0.3 is 0 Å². The third kappa shape index (κ3) is 3.77. The summed E-state index contributed by atoms with van der Waals surface area (Å²) < 4.78 is 13.4. The summed E-state index contributed by atoms with van der Waals surface area (Å²) in [6.07, 6.45) is 2.53. The Balaban J connectivity index is 2.29. The molecule has 2 N–H and O–H groups in total. The van der Waals surface area contributed by atoms with Crippen molar-refractivity contribution < 1.29 is 4.39 Å². The molecule has 3 nitrogen and oxygen atoms in total. The lowest BCUT2D eigenvalue weighted by Gasteiger charge is -2.22. The van der Waals surface area contributed by atoms with Crippen molar-refractivity contribution in [3.8, 4) is 0 Å². The van der Waals surface area contributed by atoms with Crippen molar-refractivity contribution in [1.82, 2.24) is 9.97 Å². The zero-order valence-corrected chi connectivity index (χ0v) is 12.4. The minimum Gasteiger partial charge on any atom is -0.326 e. The van der Waals surface area contributed by atoms with Crippen LogP contribution in [0.25, 0.3) is 0 Å². The molecule has 0 aliphatic rings. The molecule has 5 heteroatoms. The maximum atomic E-state index is 13.4. The van der Waals surface area contributed by atoms with Gasteiger partial charge in [0.1, 0.15) is 5.82 Å². The van der Waals surface area contributed by atoms with E-state index in [1.807, 2.05) is 26.0 Å². The molecular weight excluding hydrogens is 273 g/mol. The molecule has 1 heterocycles. The number of hydrogen-bond donors (Lipinski definition) is 1. The standard InChI is InChI=1S/C15H18FN3S/c1-3-13(17)14(11-5-4-6-12(16)9-11)20-15-18-8-7-10(2)19-15/h4-9,13-14H,3,17H2,1-2H3. The number of benzene rings is 1. The van der Waals surface area contributed by atoms with Gasteiger partial charge in [-0.25, -0.2) is 14.4 Å². The van der Waals surface area contributed by atoms with Gasteiger partial charge in [-0.2, -0.15) is 0 Å². The normalized spacial score (nSPS) is 14.0. The molecular formula is C15H18FN3S. The van der Waals surface area contributed by atoms with Crippen LogP contribution in [0.5, 0.6) is 0 Å². The number of aromatic nitrogens is 2. The Morgan fingerprint density at radius 1 is 1.35 bits per heavy atom. The van der Waals surface area contributed by atoms with Crippen molar-refractivity contribution >= 4 is 11.8 Å². The van der Waals surface area contributed by atoms with Crippen molar-refractivity contribution in [3.05, 3.63) is 53.6 Å². The highest BCUT2D eigenvalue weighted by atomic mass is 32.2. The Kier molecular flexibility index (Phi) is 5.09. The number of thioether (sulfide) groups is 1. The zero-order chi connectivity index (χ0) is 14.5. The van der Waals surface area contributed by atoms with Crippen LogP contribution in [-0.2, 0) is 0 Å². The Hall–Kier alpha value is -1.46. The van der Waals surface area contributed by atoms with E-state index in [0.29, 0.717) is 5.16 Å². The molecule has 0 bridgehead atoms. The predicted molar refractivity (Wildman–Crippen MR) is 80.0 cm³/mol. The fourth-order valence-corrected chi connectivity index (χ4v) is 3.09. The second kappa shape index (κ2) is 6.81. The number of nitrogens with zero attached hydrogens (tertiary/aromatic N) is 2. The van der Waals surface area contributed by atoms with E-state index in [1.54, 1.807) is 12.3 Å². The van der Waals surface area contributed by atoms with Gasteiger partial charge in [0.25, 0.3) is 0 Å². The second-order valence-electron chi connectivity index (χ2n) is 4.65. The lowest BCUT2D eigenvalue weighted by atomic mass is 10.0. The summed E-state index contributed by atoms with van der Waals surface area (Å²) in [4.78, 5) is 8.63. The molecule has 0 fully saturated rings. The highest BCUT2D eigenvalue weighted by molar-refractivity contribution is 7.99. The maximum Gasteiger partial charge on any atom is 0.188 e. The fraction of sp³-hybridized carbons (Fsp3) is 0.333. The summed E-state index contributed by atoms with van der Waals surface area (Å²) in [5, 5.41) is 0.612. The Bertz CT molecular complexity index is 577. The molecule has 0 saturated carbocycles.